The molecule has 0 radical (unpaired) electrons. The monoisotopic (exact) mass is 188 g/mol. The lowest BCUT2D eigenvalue weighted by atomic mass is 10.1. The summed E-state index contributed by atoms with van der Waals surface area (Å²) in [5, 5.41) is 3.18. The second-order valence-corrected chi connectivity index (χ2v) is 2.10. The fourth-order valence-electron chi connectivity index (χ4n) is 0.936. The van der Waals surface area contributed by atoms with Gasteiger partial charge >= 0.3 is 0 Å². The van der Waals surface area contributed by atoms with E-state index in [1.807, 2.05) is 0 Å². The number of nitrogens with one attached hydrogen (secondary N) is 1. The molecule has 0 amide bonds. The Hall–Kier alpha value is 0.460. The molecule has 0 aliphatic carbocycles. The normalized spacial score (nSPS) is 24.3. The van der Waals surface area contributed by atoms with Gasteiger partial charge in [-0.1, -0.05) is 0 Å². The predicted octanol–water partition coefficient (Wildman–Crippen LogP) is 0.472. The molecule has 1 rings (SSSR count). The van der Waals surface area contributed by atoms with Gasteiger partial charge in [-0.25, -0.2) is 5.90 Å². The molecule has 64 valence electrons. The van der Waals surface area contributed by atoms with Crippen LogP contribution in [0.25, 0.3) is 0 Å². The van der Waals surface area contributed by atoms with Crippen LogP contribution < -0.4 is 11.2 Å². The quantitative estimate of drug-likeness (QED) is 0.589. The molecule has 1 aliphatic rings. The molecule has 0 saturated carbocycles. The van der Waals surface area contributed by atoms with Gasteiger partial charge in [0, 0.05) is 6.54 Å². The van der Waals surface area contributed by atoms with Gasteiger partial charge in [-0.3, -0.25) is 4.84 Å². The summed E-state index contributed by atoms with van der Waals surface area (Å²) in [5.74, 6) is 4.96. The predicted molar refractivity (Wildman–Crippen MR) is 45.7 cm³/mol. The Labute approximate surface area is 73.5 Å². The maximum atomic E-state index is 4.96. The summed E-state index contributed by atoms with van der Waals surface area (Å²) in [6.45, 7) is 2.02. The van der Waals surface area contributed by atoms with E-state index in [0.29, 0.717) is 0 Å². The summed E-state index contributed by atoms with van der Waals surface area (Å²) in [4.78, 5) is 4.63. The Balaban J connectivity index is 0. The van der Waals surface area contributed by atoms with E-state index >= 15 is 0 Å². The first-order valence-corrected chi connectivity index (χ1v) is 3.00. The van der Waals surface area contributed by atoms with Crippen LogP contribution in [0.3, 0.4) is 0 Å². The Morgan fingerprint density at radius 3 is 2.40 bits per heavy atom. The van der Waals surface area contributed by atoms with Gasteiger partial charge in [0.2, 0.25) is 0 Å². The van der Waals surface area contributed by atoms with Crippen molar-refractivity contribution in [2.75, 3.05) is 13.1 Å². The van der Waals surface area contributed by atoms with Crippen LogP contribution in [0.1, 0.15) is 12.8 Å². The average molecular weight is 189 g/mol. The molecule has 1 aliphatic heterocycles. The van der Waals surface area contributed by atoms with E-state index in [1.54, 1.807) is 0 Å². The summed E-state index contributed by atoms with van der Waals surface area (Å²) in [7, 11) is 0. The fourth-order valence-corrected chi connectivity index (χ4v) is 0.936. The smallest absolute Gasteiger partial charge is 0.0911 e. The van der Waals surface area contributed by atoms with Gasteiger partial charge in [-0.05, 0) is 19.4 Å². The molecule has 5 heteroatoms. The van der Waals surface area contributed by atoms with Crippen LogP contribution in [-0.2, 0) is 4.84 Å². The van der Waals surface area contributed by atoms with Gasteiger partial charge in [0.15, 0.2) is 0 Å². The van der Waals surface area contributed by atoms with Crippen LogP contribution in [0, 0.1) is 0 Å². The largest absolute Gasteiger partial charge is 0.314 e. The maximum absolute atomic E-state index is 4.96. The lowest BCUT2D eigenvalue weighted by Crippen LogP contribution is -2.36. The van der Waals surface area contributed by atoms with Gasteiger partial charge in [0.05, 0.1) is 6.10 Å². The Morgan fingerprint density at radius 2 is 2.10 bits per heavy atom. The highest BCUT2D eigenvalue weighted by molar-refractivity contribution is 5.85. The second kappa shape index (κ2) is 7.57. The van der Waals surface area contributed by atoms with Gasteiger partial charge in [-0.2, -0.15) is 0 Å². The standard InChI is InChI=1S/C5H12N2O.2ClH/c6-8-5-2-1-3-7-4-5;;/h5,7H,1-4,6H2;2*1H. The zero-order valence-electron chi connectivity index (χ0n) is 5.71. The molecule has 1 unspecified atom stereocenters. The molecule has 0 aromatic heterocycles. The molecule has 0 aromatic rings. The van der Waals surface area contributed by atoms with Gasteiger partial charge in [0.1, 0.15) is 0 Å². The molecule has 3 nitrogen and oxygen atoms in total. The third-order valence-corrected chi connectivity index (χ3v) is 1.44. The third-order valence-electron chi connectivity index (χ3n) is 1.44. The number of hydrogen-bond acceptors (Lipinski definition) is 3. The molecule has 10 heavy (non-hydrogen) atoms. The SMILES string of the molecule is Cl.Cl.NOC1CCCNC1. The van der Waals surface area contributed by atoms with Gasteiger partial charge in [-0.15, -0.1) is 24.8 Å². The lowest BCUT2D eigenvalue weighted by molar-refractivity contribution is 0.0367. The second-order valence-electron chi connectivity index (χ2n) is 2.10. The summed E-state index contributed by atoms with van der Waals surface area (Å²) < 4.78 is 0. The average Bonchev–Trinajstić information content (AvgIpc) is 1.90. The van der Waals surface area contributed by atoms with Gasteiger partial charge < -0.3 is 5.32 Å². The van der Waals surface area contributed by atoms with E-state index in [1.165, 1.54) is 6.42 Å². The highest BCUT2D eigenvalue weighted by Crippen LogP contribution is 2.02. The minimum Gasteiger partial charge on any atom is -0.314 e. The first kappa shape index (κ1) is 13.1. The Kier molecular flexibility index (Phi) is 9.90. The van der Waals surface area contributed by atoms with Crippen LogP contribution >= 0.6 is 24.8 Å². The fraction of sp³-hybridized carbons (Fsp3) is 1.00. The van der Waals surface area contributed by atoms with Gasteiger partial charge in [0.25, 0.3) is 0 Å². The van der Waals surface area contributed by atoms with E-state index in [4.69, 9.17) is 5.90 Å². The van der Waals surface area contributed by atoms with Crippen LogP contribution in [0.5, 0.6) is 0 Å². The van der Waals surface area contributed by atoms with Crippen molar-refractivity contribution >= 4 is 24.8 Å². The number of piperidine rings is 1. The number of nitrogens with two attached hydrogens (primary N) is 1. The van der Waals surface area contributed by atoms with Crippen molar-refractivity contribution in [3.05, 3.63) is 0 Å². The Bertz CT molecular complexity index is 68.7. The minimum absolute atomic E-state index is 0. The van der Waals surface area contributed by atoms with E-state index in [-0.39, 0.29) is 30.9 Å². The first-order chi connectivity index (χ1) is 3.93. The van der Waals surface area contributed by atoms with E-state index in [2.05, 4.69) is 10.2 Å². The van der Waals surface area contributed by atoms with E-state index < -0.39 is 0 Å². The van der Waals surface area contributed by atoms with Crippen LogP contribution in [0.2, 0.25) is 0 Å². The molecule has 0 spiro atoms. The van der Waals surface area contributed by atoms with Crippen molar-refractivity contribution in [1.29, 1.82) is 0 Å². The number of hydrogen-bond donors (Lipinski definition) is 2. The molecule has 0 bridgehead atoms. The Morgan fingerprint density at radius 1 is 1.40 bits per heavy atom. The van der Waals surface area contributed by atoms with Crippen molar-refractivity contribution in [1.82, 2.24) is 5.32 Å². The molecule has 1 heterocycles. The minimum atomic E-state index is 0. The van der Waals surface area contributed by atoms with Crippen molar-refractivity contribution in [2.24, 2.45) is 5.90 Å². The lowest BCUT2D eigenvalue weighted by Gasteiger charge is -2.19. The van der Waals surface area contributed by atoms with Crippen molar-refractivity contribution in [3.63, 3.8) is 0 Å². The number of rotatable bonds is 1. The van der Waals surface area contributed by atoms with E-state index in [0.717, 1.165) is 19.5 Å². The highest BCUT2D eigenvalue weighted by Gasteiger charge is 2.10. The summed E-state index contributed by atoms with van der Waals surface area (Å²) in [6.07, 6.45) is 2.54. The number of halogens is 2. The molecule has 1 fully saturated rings. The molecule has 3 N–H and O–H groups in total. The summed E-state index contributed by atoms with van der Waals surface area (Å²) in [5.41, 5.74) is 0. The molecule has 1 atom stereocenters. The van der Waals surface area contributed by atoms with Crippen molar-refractivity contribution in [3.8, 4) is 0 Å². The zero-order chi connectivity index (χ0) is 5.82. The van der Waals surface area contributed by atoms with E-state index in [9.17, 15) is 0 Å². The summed E-state index contributed by atoms with van der Waals surface area (Å²) in [6, 6.07) is 0. The first-order valence-electron chi connectivity index (χ1n) is 3.00. The maximum Gasteiger partial charge on any atom is 0.0911 e. The molecule has 0 aromatic carbocycles. The topological polar surface area (TPSA) is 47.3 Å². The van der Waals surface area contributed by atoms with Crippen molar-refractivity contribution in [2.45, 2.75) is 18.9 Å². The van der Waals surface area contributed by atoms with Crippen LogP contribution in [-0.4, -0.2) is 19.2 Å². The van der Waals surface area contributed by atoms with Crippen LogP contribution in [0.4, 0.5) is 0 Å². The third kappa shape index (κ3) is 4.30. The summed E-state index contributed by atoms with van der Waals surface area (Å²) >= 11 is 0. The zero-order valence-corrected chi connectivity index (χ0v) is 7.34. The molecule has 1 saturated heterocycles. The molecular weight excluding hydrogens is 175 g/mol. The van der Waals surface area contributed by atoms with Crippen molar-refractivity contribution < 1.29 is 4.84 Å². The molecular formula is C5H14Cl2N2O. The van der Waals surface area contributed by atoms with Crippen LogP contribution in [0.15, 0.2) is 0 Å². The highest BCUT2D eigenvalue weighted by atomic mass is 35.5.